The summed E-state index contributed by atoms with van der Waals surface area (Å²) in [7, 11) is 0. The van der Waals surface area contributed by atoms with E-state index >= 15 is 0 Å². The molecule has 0 unspecified atom stereocenters. The van der Waals surface area contributed by atoms with Gasteiger partial charge in [-0.15, -0.1) is 11.3 Å². The van der Waals surface area contributed by atoms with Gasteiger partial charge >= 0.3 is 0 Å². The van der Waals surface area contributed by atoms with Crippen molar-refractivity contribution >= 4 is 28.8 Å². The fourth-order valence-corrected chi connectivity index (χ4v) is 2.10. The quantitative estimate of drug-likeness (QED) is 0.807. The van der Waals surface area contributed by atoms with Gasteiger partial charge in [-0.2, -0.15) is 0 Å². The number of nitrogens with one attached hydrogen (secondary N) is 1. The summed E-state index contributed by atoms with van der Waals surface area (Å²) in [5, 5.41) is 5.33. The van der Waals surface area contributed by atoms with Gasteiger partial charge in [0.1, 0.15) is 0 Å². The van der Waals surface area contributed by atoms with Crippen LogP contribution in [0.3, 0.4) is 0 Å². The van der Waals surface area contributed by atoms with Gasteiger partial charge < -0.3 is 11.1 Å². The second-order valence-electron chi connectivity index (χ2n) is 2.87. The standard InChI is InChI=1S/C9H13ClN2OS/c10-7-5-8(14-6-7)1-2-9(13)12-4-3-11/h5-6H,1-4,11H2,(H,12,13). The fraction of sp³-hybridized carbons (Fsp3) is 0.444. The zero-order valence-electron chi connectivity index (χ0n) is 7.75. The lowest BCUT2D eigenvalue weighted by atomic mass is 10.2. The Morgan fingerprint density at radius 3 is 3.00 bits per heavy atom. The number of thiophene rings is 1. The van der Waals surface area contributed by atoms with Gasteiger partial charge in [-0.1, -0.05) is 11.6 Å². The Balaban J connectivity index is 2.23. The molecule has 1 aromatic rings. The van der Waals surface area contributed by atoms with Crippen LogP contribution in [-0.4, -0.2) is 19.0 Å². The molecule has 1 aromatic heterocycles. The molecular formula is C9H13ClN2OS. The molecule has 1 amide bonds. The summed E-state index contributed by atoms with van der Waals surface area (Å²) in [6.07, 6.45) is 1.24. The van der Waals surface area contributed by atoms with Crippen LogP contribution in [-0.2, 0) is 11.2 Å². The Morgan fingerprint density at radius 1 is 1.64 bits per heavy atom. The van der Waals surface area contributed by atoms with Gasteiger partial charge in [-0.25, -0.2) is 0 Å². The topological polar surface area (TPSA) is 55.1 Å². The van der Waals surface area contributed by atoms with E-state index < -0.39 is 0 Å². The summed E-state index contributed by atoms with van der Waals surface area (Å²) in [5.74, 6) is 0.0416. The van der Waals surface area contributed by atoms with E-state index in [9.17, 15) is 4.79 Å². The van der Waals surface area contributed by atoms with Gasteiger partial charge in [0, 0.05) is 29.8 Å². The maximum absolute atomic E-state index is 11.2. The minimum Gasteiger partial charge on any atom is -0.355 e. The summed E-state index contributed by atoms with van der Waals surface area (Å²) in [4.78, 5) is 12.3. The number of carbonyl (C=O) groups is 1. The average molecular weight is 233 g/mol. The molecule has 0 aromatic carbocycles. The first-order chi connectivity index (χ1) is 6.72. The van der Waals surface area contributed by atoms with Crippen molar-refractivity contribution in [3.8, 4) is 0 Å². The van der Waals surface area contributed by atoms with Gasteiger partial charge in [-0.05, 0) is 12.5 Å². The van der Waals surface area contributed by atoms with Crippen LogP contribution in [0, 0.1) is 0 Å². The van der Waals surface area contributed by atoms with Crippen LogP contribution < -0.4 is 11.1 Å². The number of hydrogen-bond donors (Lipinski definition) is 2. The van der Waals surface area contributed by atoms with Crippen molar-refractivity contribution in [2.24, 2.45) is 5.73 Å². The molecule has 0 fully saturated rings. The molecule has 14 heavy (non-hydrogen) atoms. The van der Waals surface area contributed by atoms with Crippen molar-refractivity contribution in [3.63, 3.8) is 0 Å². The minimum absolute atomic E-state index is 0.0416. The number of aryl methyl sites for hydroxylation is 1. The van der Waals surface area contributed by atoms with Crippen molar-refractivity contribution in [2.45, 2.75) is 12.8 Å². The molecule has 0 bridgehead atoms. The zero-order valence-corrected chi connectivity index (χ0v) is 9.33. The van der Waals surface area contributed by atoms with Crippen LogP contribution in [0.5, 0.6) is 0 Å². The molecule has 1 rings (SSSR count). The van der Waals surface area contributed by atoms with E-state index in [-0.39, 0.29) is 5.91 Å². The Bertz CT molecular complexity index is 301. The Hall–Kier alpha value is -0.580. The lowest BCUT2D eigenvalue weighted by molar-refractivity contribution is -0.120. The monoisotopic (exact) mass is 232 g/mol. The molecule has 0 spiro atoms. The van der Waals surface area contributed by atoms with Crippen LogP contribution in [0.1, 0.15) is 11.3 Å². The van der Waals surface area contributed by atoms with Crippen LogP contribution in [0.15, 0.2) is 11.4 Å². The van der Waals surface area contributed by atoms with Crippen molar-refractivity contribution in [3.05, 3.63) is 21.3 Å². The molecule has 0 aliphatic heterocycles. The molecule has 78 valence electrons. The summed E-state index contributed by atoms with van der Waals surface area (Å²) in [5.41, 5.74) is 5.26. The van der Waals surface area contributed by atoms with Crippen molar-refractivity contribution < 1.29 is 4.79 Å². The van der Waals surface area contributed by atoms with Crippen LogP contribution >= 0.6 is 22.9 Å². The van der Waals surface area contributed by atoms with Crippen LogP contribution in [0.25, 0.3) is 0 Å². The molecular weight excluding hydrogens is 220 g/mol. The van der Waals surface area contributed by atoms with E-state index in [2.05, 4.69) is 5.32 Å². The predicted molar refractivity (Wildman–Crippen MR) is 59.7 cm³/mol. The van der Waals surface area contributed by atoms with Crippen LogP contribution in [0.2, 0.25) is 5.02 Å². The highest BCUT2D eigenvalue weighted by molar-refractivity contribution is 7.10. The van der Waals surface area contributed by atoms with E-state index in [4.69, 9.17) is 17.3 Å². The lowest BCUT2D eigenvalue weighted by Crippen LogP contribution is -2.29. The highest BCUT2D eigenvalue weighted by Crippen LogP contribution is 2.20. The highest BCUT2D eigenvalue weighted by atomic mass is 35.5. The first-order valence-corrected chi connectivity index (χ1v) is 5.68. The fourth-order valence-electron chi connectivity index (χ4n) is 1.02. The second kappa shape index (κ2) is 6.01. The average Bonchev–Trinajstić information content (AvgIpc) is 2.58. The number of amides is 1. The number of halogens is 1. The Morgan fingerprint density at radius 2 is 2.43 bits per heavy atom. The summed E-state index contributed by atoms with van der Waals surface area (Å²) < 4.78 is 0. The van der Waals surface area contributed by atoms with E-state index in [0.29, 0.717) is 19.5 Å². The van der Waals surface area contributed by atoms with Gasteiger partial charge in [0.25, 0.3) is 0 Å². The third-order valence-corrected chi connectivity index (χ3v) is 3.03. The van der Waals surface area contributed by atoms with E-state index in [0.717, 1.165) is 16.3 Å². The van der Waals surface area contributed by atoms with Crippen molar-refractivity contribution in [1.29, 1.82) is 0 Å². The second-order valence-corrected chi connectivity index (χ2v) is 4.30. The smallest absolute Gasteiger partial charge is 0.220 e. The van der Waals surface area contributed by atoms with E-state index in [1.54, 1.807) is 11.3 Å². The van der Waals surface area contributed by atoms with Crippen molar-refractivity contribution in [1.82, 2.24) is 5.32 Å². The van der Waals surface area contributed by atoms with Gasteiger partial charge in [0.2, 0.25) is 5.91 Å². The van der Waals surface area contributed by atoms with Gasteiger partial charge in [0.15, 0.2) is 0 Å². The molecule has 0 aliphatic carbocycles. The molecule has 0 saturated carbocycles. The zero-order chi connectivity index (χ0) is 10.4. The molecule has 5 heteroatoms. The normalized spacial score (nSPS) is 10.1. The van der Waals surface area contributed by atoms with Crippen molar-refractivity contribution in [2.75, 3.05) is 13.1 Å². The highest BCUT2D eigenvalue weighted by Gasteiger charge is 2.02. The summed E-state index contributed by atoms with van der Waals surface area (Å²) in [6.45, 7) is 1.03. The maximum atomic E-state index is 11.2. The van der Waals surface area contributed by atoms with E-state index in [1.165, 1.54) is 0 Å². The number of carbonyl (C=O) groups excluding carboxylic acids is 1. The number of hydrogen-bond acceptors (Lipinski definition) is 3. The SMILES string of the molecule is NCCNC(=O)CCc1cc(Cl)cs1. The molecule has 3 nitrogen and oxygen atoms in total. The van der Waals surface area contributed by atoms with Crippen LogP contribution in [0.4, 0.5) is 0 Å². The third kappa shape index (κ3) is 4.09. The first-order valence-electron chi connectivity index (χ1n) is 4.42. The molecule has 0 aliphatic rings. The number of nitrogens with two attached hydrogens (primary N) is 1. The third-order valence-electron chi connectivity index (χ3n) is 1.69. The molecule has 3 N–H and O–H groups in total. The Labute approximate surface area is 92.3 Å². The Kier molecular flexibility index (Phi) is 4.93. The van der Waals surface area contributed by atoms with Gasteiger partial charge in [0.05, 0.1) is 5.02 Å². The molecule has 0 atom stereocenters. The first kappa shape index (κ1) is 11.5. The molecule has 1 heterocycles. The largest absolute Gasteiger partial charge is 0.355 e. The predicted octanol–water partition coefficient (Wildman–Crippen LogP) is 1.41. The minimum atomic E-state index is 0.0416. The molecule has 0 saturated heterocycles. The van der Waals surface area contributed by atoms with E-state index in [1.807, 2.05) is 11.4 Å². The summed E-state index contributed by atoms with van der Waals surface area (Å²) in [6, 6.07) is 1.89. The number of rotatable bonds is 5. The molecule has 0 radical (unpaired) electrons. The summed E-state index contributed by atoms with van der Waals surface area (Å²) >= 11 is 7.33. The van der Waals surface area contributed by atoms with Gasteiger partial charge in [-0.3, -0.25) is 4.79 Å². The lowest BCUT2D eigenvalue weighted by Gasteiger charge is -2.01. The maximum Gasteiger partial charge on any atom is 0.220 e.